The van der Waals surface area contributed by atoms with E-state index in [1.54, 1.807) is 10.6 Å². The van der Waals surface area contributed by atoms with Crippen molar-refractivity contribution < 1.29 is 27.4 Å². The summed E-state index contributed by atoms with van der Waals surface area (Å²) in [5.74, 6) is -0.983. The van der Waals surface area contributed by atoms with E-state index in [1.165, 1.54) is 49.6 Å². The SMILES string of the molecule is COc1ccc(-c2c(C(F)(F)F)oc3c(CN4C[C@@H]5C[C@@H](C4)c4cccc(=O)n4C5)c(O)ccc3c2=O)cc1. The molecule has 2 aromatic carbocycles. The van der Waals surface area contributed by atoms with Crippen LogP contribution in [0.5, 0.6) is 11.5 Å². The van der Waals surface area contributed by atoms with Crippen molar-refractivity contribution >= 4 is 11.0 Å². The van der Waals surface area contributed by atoms with E-state index < -0.39 is 22.9 Å². The fraction of sp³-hybridized carbons (Fsp3) is 0.310. The third kappa shape index (κ3) is 4.38. The van der Waals surface area contributed by atoms with Crippen molar-refractivity contribution in [3.05, 3.63) is 92.2 Å². The molecule has 1 N–H and O–H groups in total. The van der Waals surface area contributed by atoms with Crippen LogP contribution < -0.4 is 15.7 Å². The molecule has 2 bridgehead atoms. The number of nitrogens with zero attached hydrogens (tertiary/aromatic N) is 2. The molecule has 2 atom stereocenters. The number of aromatic nitrogens is 1. The molecule has 0 saturated carbocycles. The third-order valence-electron chi connectivity index (χ3n) is 7.71. The first-order valence-electron chi connectivity index (χ1n) is 12.6. The Labute approximate surface area is 220 Å². The highest BCUT2D eigenvalue weighted by atomic mass is 19.4. The molecule has 0 radical (unpaired) electrons. The lowest BCUT2D eigenvalue weighted by Gasteiger charge is -2.42. The summed E-state index contributed by atoms with van der Waals surface area (Å²) in [4.78, 5) is 27.9. The highest BCUT2D eigenvalue weighted by molar-refractivity contribution is 5.87. The molecule has 0 unspecified atom stereocenters. The van der Waals surface area contributed by atoms with Crippen molar-refractivity contribution in [2.24, 2.45) is 5.92 Å². The van der Waals surface area contributed by atoms with Gasteiger partial charge < -0.3 is 18.8 Å². The van der Waals surface area contributed by atoms with Gasteiger partial charge in [-0.25, -0.2) is 0 Å². The molecule has 1 fully saturated rings. The van der Waals surface area contributed by atoms with Crippen LogP contribution >= 0.6 is 0 Å². The molecule has 39 heavy (non-hydrogen) atoms. The third-order valence-corrected chi connectivity index (χ3v) is 7.71. The molecule has 6 rings (SSSR count). The van der Waals surface area contributed by atoms with Crippen molar-refractivity contribution in [3.8, 4) is 22.6 Å². The number of fused-ring (bicyclic) bond motifs is 5. The van der Waals surface area contributed by atoms with Crippen molar-refractivity contribution in [2.45, 2.75) is 31.6 Å². The monoisotopic (exact) mass is 538 g/mol. The molecule has 2 aromatic heterocycles. The normalized spacial score (nSPS) is 19.2. The Morgan fingerprint density at radius 3 is 2.51 bits per heavy atom. The first-order valence-corrected chi connectivity index (χ1v) is 12.6. The number of phenolic OH excluding ortho intramolecular Hbond substituents is 1. The number of hydrogen-bond acceptors (Lipinski definition) is 6. The quantitative estimate of drug-likeness (QED) is 0.395. The smallest absolute Gasteiger partial charge is 0.450 e. The second kappa shape index (κ2) is 9.30. The average molecular weight is 539 g/mol. The van der Waals surface area contributed by atoms with Crippen molar-refractivity contribution in [1.82, 2.24) is 9.47 Å². The zero-order valence-corrected chi connectivity index (χ0v) is 21.0. The summed E-state index contributed by atoms with van der Waals surface area (Å²) >= 11 is 0. The minimum Gasteiger partial charge on any atom is -0.507 e. The molecule has 1 saturated heterocycles. The molecule has 2 aliphatic rings. The molecular formula is C29H25F3N2O5. The maximum atomic E-state index is 14.2. The van der Waals surface area contributed by atoms with E-state index in [2.05, 4.69) is 0 Å². The number of benzene rings is 2. The standard InChI is InChI=1S/C29H25F3N2O5/c1-38-19-7-5-17(6-8-19)25-26(37)20-9-10-23(35)21(27(20)39-28(25)29(30,31)32)15-33-12-16-11-18(14-33)22-3-2-4-24(36)34(22)13-16/h2-10,16,18,35H,11-15H2,1H3/t16-,18-/m0/s1. The number of aromatic hydroxyl groups is 1. The van der Waals surface area contributed by atoms with Gasteiger partial charge in [-0.1, -0.05) is 18.2 Å². The molecule has 0 amide bonds. The van der Waals surface area contributed by atoms with Gasteiger partial charge in [-0.05, 0) is 48.2 Å². The summed E-state index contributed by atoms with van der Waals surface area (Å²) in [5.41, 5.74) is -0.648. The molecule has 10 heteroatoms. The first kappa shape index (κ1) is 25.2. The van der Waals surface area contributed by atoms with E-state index in [0.717, 1.165) is 12.1 Å². The van der Waals surface area contributed by atoms with E-state index in [0.29, 0.717) is 25.4 Å². The Balaban J connectivity index is 1.44. The summed E-state index contributed by atoms with van der Waals surface area (Å²) in [5, 5.41) is 10.7. The van der Waals surface area contributed by atoms with Crippen LogP contribution in [0.4, 0.5) is 13.2 Å². The molecule has 7 nitrogen and oxygen atoms in total. The second-order valence-electron chi connectivity index (χ2n) is 10.2. The maximum Gasteiger partial charge on any atom is 0.450 e. The van der Waals surface area contributed by atoms with Gasteiger partial charge in [-0.2, -0.15) is 13.2 Å². The number of piperidine rings is 1. The maximum absolute atomic E-state index is 14.2. The van der Waals surface area contributed by atoms with Gasteiger partial charge in [0.25, 0.3) is 5.56 Å². The zero-order chi connectivity index (χ0) is 27.5. The molecule has 0 spiro atoms. The summed E-state index contributed by atoms with van der Waals surface area (Å²) in [6, 6.07) is 13.5. The number of ether oxygens (including phenoxy) is 1. The number of rotatable bonds is 4. The topological polar surface area (TPSA) is 84.9 Å². The number of methoxy groups -OCH3 is 1. The first-order chi connectivity index (χ1) is 18.6. The van der Waals surface area contributed by atoms with Gasteiger partial charge in [-0.3, -0.25) is 14.5 Å². The van der Waals surface area contributed by atoms with Gasteiger partial charge >= 0.3 is 6.18 Å². The van der Waals surface area contributed by atoms with Gasteiger partial charge in [-0.15, -0.1) is 0 Å². The van der Waals surface area contributed by atoms with Crippen LogP contribution in [0.1, 0.15) is 29.4 Å². The number of likely N-dealkylation sites (tertiary alicyclic amines) is 1. The summed E-state index contributed by atoms with van der Waals surface area (Å²) in [7, 11) is 1.43. The fourth-order valence-electron chi connectivity index (χ4n) is 6.02. The lowest BCUT2D eigenvalue weighted by molar-refractivity contribution is -0.152. The number of pyridine rings is 1. The van der Waals surface area contributed by atoms with Crippen LogP contribution in [0.25, 0.3) is 22.1 Å². The van der Waals surface area contributed by atoms with E-state index in [4.69, 9.17) is 9.15 Å². The average Bonchev–Trinajstić information content (AvgIpc) is 2.90. The highest BCUT2D eigenvalue weighted by Crippen LogP contribution is 2.41. The Bertz CT molecular complexity index is 1690. The Kier molecular flexibility index (Phi) is 6.02. The van der Waals surface area contributed by atoms with Crippen LogP contribution in [0.2, 0.25) is 0 Å². The molecule has 0 aliphatic carbocycles. The molecule has 202 valence electrons. The number of hydrogen-bond donors (Lipinski definition) is 1. The van der Waals surface area contributed by atoms with Gasteiger partial charge in [0, 0.05) is 43.9 Å². The molecule has 2 aliphatic heterocycles. The lowest BCUT2D eigenvalue weighted by Crippen LogP contribution is -2.46. The van der Waals surface area contributed by atoms with E-state index in [-0.39, 0.29) is 51.8 Å². The van der Waals surface area contributed by atoms with E-state index in [1.807, 2.05) is 11.0 Å². The minimum absolute atomic E-state index is 0.0449. The Morgan fingerprint density at radius 2 is 1.79 bits per heavy atom. The second-order valence-corrected chi connectivity index (χ2v) is 10.2. The highest BCUT2D eigenvalue weighted by Gasteiger charge is 2.40. The van der Waals surface area contributed by atoms with Crippen LogP contribution in [0.15, 0.2) is 68.6 Å². The fourth-order valence-corrected chi connectivity index (χ4v) is 6.02. The Hall–Kier alpha value is -4.05. The number of phenols is 1. The zero-order valence-electron chi connectivity index (χ0n) is 21.0. The van der Waals surface area contributed by atoms with Crippen LogP contribution in [-0.4, -0.2) is 34.8 Å². The summed E-state index contributed by atoms with van der Waals surface area (Å²) in [6.07, 6.45) is -4.05. The lowest BCUT2D eigenvalue weighted by atomic mass is 9.83. The Morgan fingerprint density at radius 1 is 1.03 bits per heavy atom. The molecule has 4 heterocycles. The van der Waals surface area contributed by atoms with Crippen molar-refractivity contribution in [3.63, 3.8) is 0 Å². The number of alkyl halides is 3. The van der Waals surface area contributed by atoms with Crippen molar-refractivity contribution in [2.75, 3.05) is 20.2 Å². The van der Waals surface area contributed by atoms with Crippen LogP contribution in [-0.2, 0) is 19.3 Å². The summed E-state index contributed by atoms with van der Waals surface area (Å²) < 4.78 is 55.1. The van der Waals surface area contributed by atoms with Crippen LogP contribution in [0, 0.1) is 5.92 Å². The largest absolute Gasteiger partial charge is 0.507 e. The summed E-state index contributed by atoms with van der Waals surface area (Å²) in [6.45, 7) is 1.79. The molecular weight excluding hydrogens is 513 g/mol. The van der Waals surface area contributed by atoms with Gasteiger partial charge in [0.1, 0.15) is 17.1 Å². The van der Waals surface area contributed by atoms with Gasteiger partial charge in [0.2, 0.25) is 11.2 Å². The van der Waals surface area contributed by atoms with E-state index >= 15 is 0 Å². The van der Waals surface area contributed by atoms with Crippen LogP contribution in [0.3, 0.4) is 0 Å². The molecule has 4 aromatic rings. The minimum atomic E-state index is -4.95. The van der Waals surface area contributed by atoms with Crippen molar-refractivity contribution in [1.29, 1.82) is 0 Å². The number of halogens is 3. The van der Waals surface area contributed by atoms with Gasteiger partial charge in [0.05, 0.1) is 23.6 Å². The predicted molar refractivity (Wildman–Crippen MR) is 138 cm³/mol. The van der Waals surface area contributed by atoms with Gasteiger partial charge in [0.15, 0.2) is 0 Å². The predicted octanol–water partition coefficient (Wildman–Crippen LogP) is 4.97. The van der Waals surface area contributed by atoms with E-state index in [9.17, 15) is 27.9 Å².